The molecule has 0 bridgehead atoms. The van der Waals surface area contributed by atoms with Gasteiger partial charge < -0.3 is 0 Å². The van der Waals surface area contributed by atoms with Crippen LogP contribution in [0.2, 0.25) is 0 Å². The number of hydrogen-bond donors (Lipinski definition) is 2. The van der Waals surface area contributed by atoms with E-state index in [4.69, 9.17) is 5.84 Å². The molecule has 2 rings (SSSR count). The zero-order chi connectivity index (χ0) is 10.8. The second-order valence-corrected chi connectivity index (χ2v) is 5.36. The lowest BCUT2D eigenvalue weighted by molar-refractivity contribution is 0.488. The molecule has 0 radical (unpaired) electrons. The molecule has 0 aliphatic heterocycles. The minimum atomic E-state index is 0.245. The zero-order valence-electron chi connectivity index (χ0n) is 9.23. The van der Waals surface area contributed by atoms with Gasteiger partial charge in [-0.2, -0.15) is 0 Å². The Bertz CT molecular complexity index is 319. The van der Waals surface area contributed by atoms with Crippen LogP contribution in [0.5, 0.6) is 0 Å². The molecule has 1 unspecified atom stereocenters. The molecule has 1 heterocycles. The van der Waals surface area contributed by atoms with Crippen LogP contribution in [0, 0.1) is 5.92 Å². The third kappa shape index (κ3) is 2.53. The summed E-state index contributed by atoms with van der Waals surface area (Å²) in [5.41, 5.74) is 4.00. The van der Waals surface area contributed by atoms with Crippen molar-refractivity contribution in [3.8, 4) is 0 Å². The number of aromatic nitrogens is 2. The number of hydrogen-bond acceptors (Lipinski definition) is 5. The SMILES string of the molecule is CC(C)c1nnsc1C(CC1CC1)NN. The summed E-state index contributed by atoms with van der Waals surface area (Å²) in [5.74, 6) is 6.89. The zero-order valence-corrected chi connectivity index (χ0v) is 10.0. The predicted molar refractivity (Wildman–Crippen MR) is 61.4 cm³/mol. The molecule has 1 aliphatic rings. The van der Waals surface area contributed by atoms with E-state index in [9.17, 15) is 0 Å². The van der Waals surface area contributed by atoms with Crippen molar-refractivity contribution in [3.63, 3.8) is 0 Å². The van der Waals surface area contributed by atoms with Crippen LogP contribution in [-0.4, -0.2) is 9.59 Å². The molecule has 5 heteroatoms. The Morgan fingerprint density at radius 1 is 1.53 bits per heavy atom. The average molecular weight is 226 g/mol. The third-order valence-corrected chi connectivity index (χ3v) is 3.72. The maximum Gasteiger partial charge on any atom is 0.0829 e. The molecule has 1 saturated carbocycles. The summed E-state index contributed by atoms with van der Waals surface area (Å²) in [5, 5.41) is 4.19. The molecule has 84 valence electrons. The Labute approximate surface area is 94.4 Å². The van der Waals surface area contributed by atoms with Gasteiger partial charge in [0.15, 0.2) is 0 Å². The summed E-state index contributed by atoms with van der Waals surface area (Å²) in [6.45, 7) is 4.29. The van der Waals surface area contributed by atoms with E-state index < -0.39 is 0 Å². The van der Waals surface area contributed by atoms with Crippen LogP contribution in [-0.2, 0) is 0 Å². The van der Waals surface area contributed by atoms with Gasteiger partial charge in [0.2, 0.25) is 0 Å². The van der Waals surface area contributed by atoms with Crippen LogP contribution < -0.4 is 11.3 Å². The second kappa shape index (κ2) is 4.55. The topological polar surface area (TPSA) is 63.8 Å². The smallest absolute Gasteiger partial charge is 0.0829 e. The molecule has 1 fully saturated rings. The molecule has 1 aliphatic carbocycles. The van der Waals surface area contributed by atoms with Gasteiger partial charge in [-0.3, -0.25) is 11.3 Å². The number of nitrogens with two attached hydrogens (primary N) is 1. The highest BCUT2D eigenvalue weighted by atomic mass is 32.1. The van der Waals surface area contributed by atoms with Crippen LogP contribution in [0.3, 0.4) is 0 Å². The number of nitrogens with zero attached hydrogens (tertiary/aromatic N) is 2. The van der Waals surface area contributed by atoms with Gasteiger partial charge >= 0.3 is 0 Å². The molecule has 1 atom stereocenters. The van der Waals surface area contributed by atoms with Crippen molar-refractivity contribution in [3.05, 3.63) is 10.6 Å². The normalized spacial score (nSPS) is 18.4. The molecule has 4 nitrogen and oxygen atoms in total. The Morgan fingerprint density at radius 3 is 2.80 bits per heavy atom. The van der Waals surface area contributed by atoms with Crippen molar-refractivity contribution in [2.24, 2.45) is 11.8 Å². The first kappa shape index (κ1) is 11.0. The van der Waals surface area contributed by atoms with Crippen LogP contribution in [0.1, 0.15) is 55.6 Å². The summed E-state index contributed by atoms with van der Waals surface area (Å²) >= 11 is 1.48. The Kier molecular flexibility index (Phi) is 3.33. The van der Waals surface area contributed by atoms with E-state index in [0.29, 0.717) is 5.92 Å². The maximum absolute atomic E-state index is 5.61. The van der Waals surface area contributed by atoms with Gasteiger partial charge in [-0.25, -0.2) is 0 Å². The molecule has 1 aromatic heterocycles. The average Bonchev–Trinajstić information content (AvgIpc) is 2.89. The van der Waals surface area contributed by atoms with Crippen molar-refractivity contribution >= 4 is 11.5 Å². The molecule has 15 heavy (non-hydrogen) atoms. The fourth-order valence-electron chi connectivity index (χ4n) is 1.78. The van der Waals surface area contributed by atoms with Crippen molar-refractivity contribution in [1.29, 1.82) is 0 Å². The van der Waals surface area contributed by atoms with Gasteiger partial charge in [0.05, 0.1) is 16.6 Å². The Morgan fingerprint density at radius 2 is 2.27 bits per heavy atom. The van der Waals surface area contributed by atoms with E-state index in [-0.39, 0.29) is 6.04 Å². The Hall–Kier alpha value is -0.520. The first-order valence-electron chi connectivity index (χ1n) is 5.50. The van der Waals surface area contributed by atoms with Crippen molar-refractivity contribution < 1.29 is 0 Å². The van der Waals surface area contributed by atoms with Gasteiger partial charge in [0.25, 0.3) is 0 Å². The van der Waals surface area contributed by atoms with Crippen LogP contribution in [0.15, 0.2) is 0 Å². The fraction of sp³-hybridized carbons (Fsp3) is 0.800. The molecule has 1 aromatic rings. The number of hydrazine groups is 1. The lowest BCUT2D eigenvalue weighted by Crippen LogP contribution is -2.28. The standard InChI is InChI=1S/C10H18N4S/c1-6(2)9-10(15-14-13-9)8(12-11)5-7-3-4-7/h6-8,12H,3-5,11H2,1-2H3. The summed E-state index contributed by atoms with van der Waals surface area (Å²) in [6, 6.07) is 0.245. The molecule has 0 spiro atoms. The minimum absolute atomic E-state index is 0.245. The fourth-order valence-corrected chi connectivity index (χ4v) is 2.66. The highest BCUT2D eigenvalue weighted by Crippen LogP contribution is 2.39. The predicted octanol–water partition coefficient (Wildman–Crippen LogP) is 1.97. The first-order chi connectivity index (χ1) is 7.22. The lowest BCUT2D eigenvalue weighted by atomic mass is 10.0. The molecule has 0 amide bonds. The van der Waals surface area contributed by atoms with Crippen molar-refractivity contribution in [1.82, 2.24) is 15.0 Å². The van der Waals surface area contributed by atoms with Gasteiger partial charge in [-0.1, -0.05) is 31.2 Å². The molecule has 0 aromatic carbocycles. The van der Waals surface area contributed by atoms with E-state index in [1.54, 1.807) is 0 Å². The minimum Gasteiger partial charge on any atom is -0.271 e. The lowest BCUT2D eigenvalue weighted by Gasteiger charge is -2.15. The molecular weight excluding hydrogens is 208 g/mol. The second-order valence-electron chi connectivity index (χ2n) is 4.58. The van der Waals surface area contributed by atoms with Crippen LogP contribution in [0.4, 0.5) is 0 Å². The summed E-state index contributed by atoms with van der Waals surface area (Å²) < 4.78 is 4.04. The van der Waals surface area contributed by atoms with Crippen molar-refractivity contribution in [2.45, 2.75) is 45.1 Å². The van der Waals surface area contributed by atoms with Gasteiger partial charge in [0.1, 0.15) is 0 Å². The van der Waals surface area contributed by atoms with E-state index in [1.807, 2.05) is 0 Å². The van der Waals surface area contributed by atoms with Crippen LogP contribution in [0.25, 0.3) is 0 Å². The highest BCUT2D eigenvalue weighted by Gasteiger charge is 2.28. The third-order valence-electron chi connectivity index (χ3n) is 2.87. The van der Waals surface area contributed by atoms with Crippen LogP contribution >= 0.6 is 11.5 Å². The van der Waals surface area contributed by atoms with E-state index in [2.05, 4.69) is 28.9 Å². The van der Waals surface area contributed by atoms with Crippen molar-refractivity contribution in [2.75, 3.05) is 0 Å². The van der Waals surface area contributed by atoms with E-state index in [1.165, 1.54) is 29.3 Å². The van der Waals surface area contributed by atoms with Gasteiger partial charge in [-0.05, 0) is 29.8 Å². The van der Waals surface area contributed by atoms with E-state index in [0.717, 1.165) is 18.0 Å². The van der Waals surface area contributed by atoms with Gasteiger partial charge in [-0.15, -0.1) is 5.10 Å². The number of nitrogens with one attached hydrogen (secondary N) is 1. The summed E-state index contributed by atoms with van der Waals surface area (Å²) in [4.78, 5) is 1.22. The maximum atomic E-state index is 5.61. The highest BCUT2D eigenvalue weighted by molar-refractivity contribution is 7.05. The monoisotopic (exact) mass is 226 g/mol. The molecular formula is C10H18N4S. The summed E-state index contributed by atoms with van der Waals surface area (Å²) in [7, 11) is 0. The largest absolute Gasteiger partial charge is 0.271 e. The van der Waals surface area contributed by atoms with Gasteiger partial charge in [0, 0.05) is 0 Å². The summed E-state index contributed by atoms with van der Waals surface area (Å²) in [6.07, 6.45) is 3.82. The number of rotatable bonds is 5. The molecule has 3 N–H and O–H groups in total. The quantitative estimate of drug-likeness (QED) is 0.595. The Balaban J connectivity index is 2.13. The molecule has 0 saturated heterocycles. The van der Waals surface area contributed by atoms with E-state index >= 15 is 0 Å². The first-order valence-corrected chi connectivity index (χ1v) is 6.28.